The van der Waals surface area contributed by atoms with Gasteiger partial charge in [-0.25, -0.2) is 0 Å². The molecule has 0 radical (unpaired) electrons. The zero-order valence-electron chi connectivity index (χ0n) is 13.4. The van der Waals surface area contributed by atoms with Crippen molar-refractivity contribution in [3.05, 3.63) is 0 Å². The average molecular weight is 295 g/mol. The van der Waals surface area contributed by atoms with Crippen LogP contribution in [0.1, 0.15) is 46.5 Å². The quantitative estimate of drug-likeness (QED) is 0.475. The Morgan fingerprint density at radius 1 is 0.789 bits per heavy atom. The van der Waals surface area contributed by atoms with E-state index in [-0.39, 0.29) is 19.8 Å². The van der Waals surface area contributed by atoms with Crippen LogP contribution in [0, 0.1) is 0 Å². The second-order valence-electron chi connectivity index (χ2n) is 6.19. The summed E-state index contributed by atoms with van der Waals surface area (Å²) in [5, 5.41) is 25.1. The average Bonchev–Trinajstić information content (AvgIpc) is 2.31. The molecule has 0 saturated heterocycles. The van der Waals surface area contributed by atoms with Crippen LogP contribution in [0.2, 0.25) is 18.1 Å². The van der Waals surface area contributed by atoms with Gasteiger partial charge in [-0.3, -0.25) is 0 Å². The maximum Gasteiger partial charge on any atom is 0.191 e. The molecule has 0 fully saturated rings. The van der Waals surface area contributed by atoms with Crippen molar-refractivity contribution < 1.29 is 19.7 Å². The summed E-state index contributed by atoms with van der Waals surface area (Å²) in [6.45, 7) is 12.7. The Balaban J connectivity index is 0. The van der Waals surface area contributed by atoms with Crippen LogP contribution in [0.4, 0.5) is 0 Å². The van der Waals surface area contributed by atoms with Gasteiger partial charge in [-0.15, -0.1) is 0 Å². The molecule has 0 heterocycles. The molecule has 0 aromatic rings. The molecular formula is C14H34O4Si. The van der Waals surface area contributed by atoms with Gasteiger partial charge in [0.2, 0.25) is 0 Å². The van der Waals surface area contributed by atoms with Crippen molar-refractivity contribution in [3.8, 4) is 0 Å². The molecule has 0 aliphatic rings. The summed E-state index contributed by atoms with van der Waals surface area (Å²) >= 11 is 0. The monoisotopic (exact) mass is 294 g/mol. The molecule has 19 heavy (non-hydrogen) atoms. The highest BCUT2D eigenvalue weighted by atomic mass is 28.4. The van der Waals surface area contributed by atoms with Crippen LogP contribution in [0.25, 0.3) is 0 Å². The van der Waals surface area contributed by atoms with E-state index in [0.717, 1.165) is 32.3 Å². The fraction of sp³-hybridized carbons (Fsp3) is 1.00. The van der Waals surface area contributed by atoms with Gasteiger partial charge in [-0.05, 0) is 43.8 Å². The van der Waals surface area contributed by atoms with Gasteiger partial charge < -0.3 is 19.7 Å². The van der Waals surface area contributed by atoms with Crippen LogP contribution < -0.4 is 0 Å². The molecule has 0 aliphatic carbocycles. The van der Waals surface area contributed by atoms with E-state index in [1.165, 1.54) is 0 Å². The summed E-state index contributed by atoms with van der Waals surface area (Å²) in [6, 6.07) is 0. The van der Waals surface area contributed by atoms with Crippen LogP contribution in [0.15, 0.2) is 0 Å². The second kappa shape index (κ2) is 11.8. The van der Waals surface area contributed by atoms with Crippen molar-refractivity contribution >= 4 is 8.32 Å². The summed E-state index contributed by atoms with van der Waals surface area (Å²) in [4.78, 5) is 0. The van der Waals surface area contributed by atoms with E-state index in [4.69, 9.17) is 19.7 Å². The van der Waals surface area contributed by atoms with Crippen molar-refractivity contribution in [2.75, 3.05) is 26.4 Å². The Labute approximate surface area is 119 Å². The normalized spacial score (nSPS) is 12.0. The zero-order valence-corrected chi connectivity index (χ0v) is 14.4. The Morgan fingerprint density at radius 2 is 1.16 bits per heavy atom. The van der Waals surface area contributed by atoms with Crippen LogP contribution in [0.5, 0.6) is 0 Å². The van der Waals surface area contributed by atoms with Crippen LogP contribution >= 0.6 is 0 Å². The van der Waals surface area contributed by atoms with Crippen molar-refractivity contribution in [1.82, 2.24) is 0 Å². The van der Waals surface area contributed by atoms with Gasteiger partial charge >= 0.3 is 0 Å². The molecule has 0 amide bonds. The zero-order chi connectivity index (χ0) is 15.4. The summed E-state index contributed by atoms with van der Waals surface area (Å²) < 4.78 is 5.92. The van der Waals surface area contributed by atoms with E-state index in [1.54, 1.807) is 0 Å². The molecule has 0 aromatic carbocycles. The van der Waals surface area contributed by atoms with Crippen molar-refractivity contribution in [1.29, 1.82) is 0 Å². The minimum Gasteiger partial charge on any atom is -0.417 e. The van der Waals surface area contributed by atoms with Crippen molar-refractivity contribution in [2.45, 2.75) is 64.6 Å². The molecule has 0 saturated carbocycles. The molecule has 0 rings (SSSR count). The number of hydrogen-bond acceptors (Lipinski definition) is 4. The summed E-state index contributed by atoms with van der Waals surface area (Å²) in [5.74, 6) is 0. The highest BCUT2D eigenvalue weighted by molar-refractivity contribution is 6.74. The van der Waals surface area contributed by atoms with Crippen molar-refractivity contribution in [3.63, 3.8) is 0 Å². The SMILES string of the molecule is CC(C)(C)[Si](C)(C)OCCCCO.OCCCCO. The van der Waals surface area contributed by atoms with Gasteiger partial charge in [0.05, 0.1) is 0 Å². The Bertz CT molecular complexity index is 186. The first-order chi connectivity index (χ1) is 8.72. The van der Waals surface area contributed by atoms with E-state index in [0.29, 0.717) is 5.04 Å². The van der Waals surface area contributed by atoms with E-state index in [9.17, 15) is 0 Å². The minimum atomic E-state index is -1.54. The molecular weight excluding hydrogens is 260 g/mol. The lowest BCUT2D eigenvalue weighted by Crippen LogP contribution is -2.40. The molecule has 0 unspecified atom stereocenters. The topological polar surface area (TPSA) is 69.9 Å². The molecule has 0 atom stereocenters. The molecule has 4 nitrogen and oxygen atoms in total. The third-order valence-electron chi connectivity index (χ3n) is 3.39. The van der Waals surface area contributed by atoms with Gasteiger partial charge in [-0.2, -0.15) is 0 Å². The number of aliphatic hydroxyl groups is 3. The lowest BCUT2D eigenvalue weighted by molar-refractivity contribution is 0.242. The minimum absolute atomic E-state index is 0.195. The summed E-state index contributed by atoms with van der Waals surface area (Å²) in [5.41, 5.74) is 0. The number of rotatable bonds is 8. The summed E-state index contributed by atoms with van der Waals surface area (Å²) in [7, 11) is -1.54. The Hall–Kier alpha value is 0.0569. The first-order valence-electron chi connectivity index (χ1n) is 7.19. The molecule has 3 N–H and O–H groups in total. The number of hydrogen-bond donors (Lipinski definition) is 3. The fourth-order valence-corrected chi connectivity index (χ4v) is 2.07. The largest absolute Gasteiger partial charge is 0.417 e. The van der Waals surface area contributed by atoms with Gasteiger partial charge in [0.1, 0.15) is 0 Å². The van der Waals surface area contributed by atoms with Gasteiger partial charge in [0, 0.05) is 26.4 Å². The second-order valence-corrected chi connectivity index (χ2v) is 11.0. The standard InChI is InChI=1S/C10H24O2Si.C4H10O2/c1-10(2,3)13(4,5)12-9-7-6-8-11;5-3-1-2-4-6/h11H,6-9H2,1-5H3;5-6H,1-4H2. The van der Waals surface area contributed by atoms with Crippen LogP contribution in [-0.4, -0.2) is 50.1 Å². The highest BCUT2D eigenvalue weighted by Crippen LogP contribution is 2.36. The predicted octanol–water partition coefficient (Wildman–Crippen LogP) is 2.53. The lowest BCUT2D eigenvalue weighted by atomic mass is 10.2. The lowest BCUT2D eigenvalue weighted by Gasteiger charge is -2.36. The predicted molar refractivity (Wildman–Crippen MR) is 82.9 cm³/mol. The van der Waals surface area contributed by atoms with Crippen LogP contribution in [-0.2, 0) is 4.43 Å². The fourth-order valence-electron chi connectivity index (χ4n) is 0.981. The summed E-state index contributed by atoms with van der Waals surface area (Å²) in [6.07, 6.45) is 3.27. The maximum atomic E-state index is 8.61. The molecule has 0 bridgehead atoms. The van der Waals surface area contributed by atoms with E-state index in [1.807, 2.05) is 0 Å². The first-order valence-corrected chi connectivity index (χ1v) is 10.1. The molecule has 0 aromatic heterocycles. The smallest absolute Gasteiger partial charge is 0.191 e. The van der Waals surface area contributed by atoms with Gasteiger partial charge in [0.15, 0.2) is 8.32 Å². The number of aliphatic hydroxyl groups excluding tert-OH is 3. The highest BCUT2D eigenvalue weighted by Gasteiger charge is 2.36. The van der Waals surface area contributed by atoms with E-state index in [2.05, 4.69) is 33.9 Å². The number of unbranched alkanes of at least 4 members (excludes halogenated alkanes) is 2. The first kappa shape index (κ1) is 21.4. The third-order valence-corrected chi connectivity index (χ3v) is 7.93. The van der Waals surface area contributed by atoms with Crippen LogP contribution in [0.3, 0.4) is 0 Å². The van der Waals surface area contributed by atoms with E-state index < -0.39 is 8.32 Å². The molecule has 0 spiro atoms. The third kappa shape index (κ3) is 12.8. The molecule has 0 aliphatic heterocycles. The Kier molecular flexibility index (Phi) is 13.3. The molecule has 5 heteroatoms. The van der Waals surface area contributed by atoms with Gasteiger partial charge in [-0.1, -0.05) is 20.8 Å². The molecule has 118 valence electrons. The van der Waals surface area contributed by atoms with Crippen molar-refractivity contribution in [2.24, 2.45) is 0 Å². The maximum absolute atomic E-state index is 8.61. The Morgan fingerprint density at radius 3 is 1.47 bits per heavy atom. The van der Waals surface area contributed by atoms with E-state index >= 15 is 0 Å². The van der Waals surface area contributed by atoms with Gasteiger partial charge in [0.25, 0.3) is 0 Å².